The van der Waals surface area contributed by atoms with Gasteiger partial charge in [-0.3, -0.25) is 0 Å². The van der Waals surface area contributed by atoms with Gasteiger partial charge in [0.1, 0.15) is 0 Å². The van der Waals surface area contributed by atoms with Crippen molar-refractivity contribution < 1.29 is 14.6 Å². The number of aliphatic hydroxyl groups excluding tert-OH is 1. The van der Waals surface area contributed by atoms with E-state index in [1.807, 2.05) is 22.6 Å². The van der Waals surface area contributed by atoms with Gasteiger partial charge in [-0.2, -0.15) is 0 Å². The molecule has 1 aliphatic rings. The molecule has 0 saturated heterocycles. The second-order valence-corrected chi connectivity index (χ2v) is 4.63. The molecule has 78 valence electrons. The average Bonchev–Trinajstić information content (AvgIpc) is 2.47. The van der Waals surface area contributed by atoms with Crippen LogP contribution in [-0.4, -0.2) is 11.1 Å². The molecule has 1 aromatic carbocycles. The van der Waals surface area contributed by atoms with Gasteiger partial charge in [-0.15, -0.1) is 0 Å². The number of carbonyl (C=O) groups excluding carboxylic acids is 1. The molecule has 5 heteroatoms. The molecule has 0 saturated carbocycles. The summed E-state index contributed by atoms with van der Waals surface area (Å²) < 4.78 is 5.50. The van der Waals surface area contributed by atoms with E-state index in [1.54, 1.807) is 24.3 Å². The molecule has 0 spiro atoms. The third-order valence-electron chi connectivity index (χ3n) is 2.05. The third kappa shape index (κ3) is 1.96. The zero-order valence-corrected chi connectivity index (χ0v) is 10.3. The molecule has 1 heterocycles. The van der Waals surface area contributed by atoms with Crippen LogP contribution in [0.2, 0.25) is 5.02 Å². The zero-order chi connectivity index (χ0) is 11.0. The maximum atomic E-state index is 11.1. The van der Waals surface area contributed by atoms with Crippen molar-refractivity contribution in [3.8, 4) is 0 Å². The number of esters is 1. The third-order valence-corrected chi connectivity index (χ3v) is 3.38. The fourth-order valence-electron chi connectivity index (χ4n) is 1.29. The summed E-state index contributed by atoms with van der Waals surface area (Å²) in [6.45, 7) is 0. The number of rotatable bonds is 1. The average molecular weight is 337 g/mol. The first-order chi connectivity index (χ1) is 7.09. The Labute approximate surface area is 105 Å². The van der Waals surface area contributed by atoms with Gasteiger partial charge in [0.2, 0.25) is 5.76 Å². The maximum Gasteiger partial charge on any atom is 0.375 e. The lowest BCUT2D eigenvalue weighted by atomic mass is 10.1. The van der Waals surface area contributed by atoms with Crippen LogP contribution in [0.1, 0.15) is 11.7 Å². The number of carbonyl (C=O) groups is 1. The predicted molar refractivity (Wildman–Crippen MR) is 64.0 cm³/mol. The van der Waals surface area contributed by atoms with Crippen molar-refractivity contribution in [1.29, 1.82) is 0 Å². The number of benzene rings is 1. The fraction of sp³-hybridized carbons (Fsp3) is 0.100. The number of hydrogen-bond acceptors (Lipinski definition) is 3. The summed E-state index contributed by atoms with van der Waals surface area (Å²) in [4.78, 5) is 11.1. The molecule has 0 aromatic heterocycles. The lowest BCUT2D eigenvalue weighted by Crippen LogP contribution is -2.02. The summed E-state index contributed by atoms with van der Waals surface area (Å²) >= 11 is 7.64. The normalized spacial score (nSPS) is 20.7. The van der Waals surface area contributed by atoms with Gasteiger partial charge >= 0.3 is 5.97 Å². The van der Waals surface area contributed by atoms with E-state index in [4.69, 9.17) is 16.3 Å². The van der Waals surface area contributed by atoms with Crippen LogP contribution in [-0.2, 0) is 9.53 Å². The number of hydrogen-bond donors (Lipinski definition) is 1. The van der Waals surface area contributed by atoms with Crippen LogP contribution in [0, 0.1) is 0 Å². The van der Waals surface area contributed by atoms with Gasteiger partial charge in [0.15, 0.2) is 6.10 Å². The van der Waals surface area contributed by atoms with Crippen molar-refractivity contribution in [2.75, 3.05) is 0 Å². The number of cyclic esters (lactones) is 1. The monoisotopic (exact) mass is 336 g/mol. The Morgan fingerprint density at radius 2 is 1.93 bits per heavy atom. The highest BCUT2D eigenvalue weighted by atomic mass is 127. The molecule has 15 heavy (non-hydrogen) atoms. The molecular weight excluding hydrogens is 330 g/mol. The van der Waals surface area contributed by atoms with Crippen LogP contribution in [0.25, 0.3) is 0 Å². The Kier molecular flexibility index (Phi) is 2.88. The molecule has 0 radical (unpaired) electrons. The smallest absolute Gasteiger partial charge is 0.375 e. The van der Waals surface area contributed by atoms with E-state index in [-0.39, 0.29) is 5.76 Å². The van der Waals surface area contributed by atoms with Crippen LogP contribution < -0.4 is 0 Å². The SMILES string of the molecule is O=C1OC(c2ccc(Cl)cc2)C(I)=C1O. The van der Waals surface area contributed by atoms with Gasteiger partial charge < -0.3 is 9.84 Å². The van der Waals surface area contributed by atoms with Crippen molar-refractivity contribution in [3.63, 3.8) is 0 Å². The van der Waals surface area contributed by atoms with E-state index in [2.05, 4.69) is 0 Å². The second-order valence-electron chi connectivity index (χ2n) is 3.03. The first-order valence-corrected chi connectivity index (χ1v) is 5.60. The molecule has 3 nitrogen and oxygen atoms in total. The highest BCUT2D eigenvalue weighted by Gasteiger charge is 2.33. The molecule has 2 rings (SSSR count). The predicted octanol–water partition coefficient (Wildman–Crippen LogP) is 3.14. The highest BCUT2D eigenvalue weighted by molar-refractivity contribution is 14.1. The van der Waals surface area contributed by atoms with E-state index in [1.165, 1.54) is 0 Å². The van der Waals surface area contributed by atoms with Gasteiger partial charge in [0.25, 0.3) is 0 Å². The zero-order valence-electron chi connectivity index (χ0n) is 7.41. The molecule has 1 aromatic rings. The highest BCUT2D eigenvalue weighted by Crippen LogP contribution is 2.38. The Morgan fingerprint density at radius 3 is 2.40 bits per heavy atom. The second kappa shape index (κ2) is 4.02. The molecule has 0 aliphatic carbocycles. The summed E-state index contributed by atoms with van der Waals surface area (Å²) in [6.07, 6.45) is -0.504. The largest absolute Gasteiger partial charge is 0.501 e. The molecule has 1 unspecified atom stereocenters. The summed E-state index contributed by atoms with van der Waals surface area (Å²) in [5.74, 6) is -0.991. The summed E-state index contributed by atoms with van der Waals surface area (Å²) in [7, 11) is 0. The van der Waals surface area contributed by atoms with E-state index < -0.39 is 12.1 Å². The topological polar surface area (TPSA) is 46.5 Å². The minimum absolute atomic E-state index is 0.310. The van der Waals surface area contributed by atoms with E-state index in [0.717, 1.165) is 5.56 Å². The first-order valence-electron chi connectivity index (χ1n) is 4.14. The molecule has 1 aliphatic heterocycles. The maximum absolute atomic E-state index is 11.1. The Balaban J connectivity index is 2.35. The van der Waals surface area contributed by atoms with Gasteiger partial charge in [-0.05, 0) is 40.3 Å². The van der Waals surface area contributed by atoms with Crippen molar-refractivity contribution in [1.82, 2.24) is 0 Å². The lowest BCUT2D eigenvalue weighted by Gasteiger charge is -2.09. The van der Waals surface area contributed by atoms with Crippen molar-refractivity contribution >= 4 is 40.2 Å². The molecule has 0 amide bonds. The summed E-state index contributed by atoms with van der Waals surface area (Å²) in [5.41, 5.74) is 0.793. The minimum Gasteiger partial charge on any atom is -0.501 e. The van der Waals surface area contributed by atoms with Crippen LogP contribution in [0.3, 0.4) is 0 Å². The van der Waals surface area contributed by atoms with Crippen molar-refractivity contribution in [3.05, 3.63) is 44.2 Å². The van der Waals surface area contributed by atoms with E-state index in [0.29, 0.717) is 8.60 Å². The Hall–Kier alpha value is -0.750. The van der Waals surface area contributed by atoms with Gasteiger partial charge in [-0.1, -0.05) is 23.7 Å². The standard InChI is InChI=1S/C10H6ClIO3/c11-6-3-1-5(2-4-6)9-7(12)8(13)10(14)15-9/h1-4,9,13H. The summed E-state index contributed by atoms with van der Waals surface area (Å²) in [5, 5.41) is 9.94. The van der Waals surface area contributed by atoms with Gasteiger partial charge in [0, 0.05) is 5.02 Å². The van der Waals surface area contributed by atoms with E-state index in [9.17, 15) is 9.90 Å². The van der Waals surface area contributed by atoms with Crippen LogP contribution >= 0.6 is 34.2 Å². The number of ether oxygens (including phenoxy) is 1. The van der Waals surface area contributed by atoms with Crippen molar-refractivity contribution in [2.24, 2.45) is 0 Å². The molecule has 1 atom stereocenters. The number of halogens is 2. The number of aliphatic hydroxyl groups is 1. The van der Waals surface area contributed by atoms with Crippen LogP contribution in [0.4, 0.5) is 0 Å². The first kappa shape index (κ1) is 10.8. The van der Waals surface area contributed by atoms with Crippen LogP contribution in [0.5, 0.6) is 0 Å². The molecule has 0 bridgehead atoms. The van der Waals surface area contributed by atoms with Gasteiger partial charge in [0.05, 0.1) is 3.58 Å². The molecule has 1 N–H and O–H groups in total. The Bertz CT molecular complexity index is 438. The lowest BCUT2D eigenvalue weighted by molar-refractivity contribution is -0.142. The van der Waals surface area contributed by atoms with Crippen molar-refractivity contribution in [2.45, 2.75) is 6.10 Å². The minimum atomic E-state index is -0.681. The molecule has 0 fully saturated rings. The summed E-state index contributed by atoms with van der Waals surface area (Å²) in [6, 6.07) is 6.95. The van der Waals surface area contributed by atoms with Crippen LogP contribution in [0.15, 0.2) is 33.6 Å². The molecular formula is C10H6ClIO3. The van der Waals surface area contributed by atoms with E-state index >= 15 is 0 Å². The fourth-order valence-corrected chi connectivity index (χ4v) is 2.12. The van der Waals surface area contributed by atoms with Gasteiger partial charge in [-0.25, -0.2) is 4.79 Å². The Morgan fingerprint density at radius 1 is 1.33 bits per heavy atom. The quantitative estimate of drug-likeness (QED) is 0.633.